The number of aromatic nitrogens is 2. The Morgan fingerprint density at radius 1 is 1.28 bits per heavy atom. The second kappa shape index (κ2) is 6.97. The molecular weight excluding hydrogens is 418 g/mol. The minimum Gasteiger partial charge on any atom is -0.320 e. The molecule has 0 N–H and O–H groups in total. The molecule has 128 valence electrons. The van der Waals surface area contributed by atoms with Gasteiger partial charge in [0.25, 0.3) is 5.91 Å². The van der Waals surface area contributed by atoms with Gasteiger partial charge >= 0.3 is 0 Å². The van der Waals surface area contributed by atoms with E-state index in [9.17, 15) is 4.79 Å². The van der Waals surface area contributed by atoms with Crippen molar-refractivity contribution in [2.45, 2.75) is 5.37 Å². The molecule has 3 aromatic rings. The Balaban J connectivity index is 1.63. The molecule has 2 aromatic heterocycles. The van der Waals surface area contributed by atoms with Crippen LogP contribution in [-0.4, -0.2) is 32.9 Å². The van der Waals surface area contributed by atoms with Crippen molar-refractivity contribution < 1.29 is 4.79 Å². The first-order chi connectivity index (χ1) is 12.1. The lowest BCUT2D eigenvalue weighted by Gasteiger charge is -2.24. The highest BCUT2D eigenvalue weighted by atomic mass is 79.9. The average Bonchev–Trinajstić information content (AvgIpc) is 3.35. The molecule has 1 saturated heterocycles. The van der Waals surface area contributed by atoms with E-state index in [4.69, 9.17) is 0 Å². The van der Waals surface area contributed by atoms with Gasteiger partial charge in [0.1, 0.15) is 16.8 Å². The molecule has 0 saturated carbocycles. The van der Waals surface area contributed by atoms with E-state index in [0.29, 0.717) is 5.69 Å². The van der Waals surface area contributed by atoms with Crippen LogP contribution in [0.1, 0.15) is 21.4 Å². The van der Waals surface area contributed by atoms with Crippen LogP contribution in [0.15, 0.2) is 52.3 Å². The van der Waals surface area contributed by atoms with Crippen molar-refractivity contribution >= 4 is 44.9 Å². The Morgan fingerprint density at radius 2 is 2.08 bits per heavy atom. The number of carbonyl (C=O) groups is 1. The van der Waals surface area contributed by atoms with Crippen molar-refractivity contribution in [2.75, 3.05) is 12.3 Å². The van der Waals surface area contributed by atoms with Gasteiger partial charge < -0.3 is 4.90 Å². The van der Waals surface area contributed by atoms with Crippen LogP contribution in [-0.2, 0) is 7.05 Å². The summed E-state index contributed by atoms with van der Waals surface area (Å²) in [6.07, 6.45) is 0. The minimum absolute atomic E-state index is 0.0377. The van der Waals surface area contributed by atoms with Crippen molar-refractivity contribution in [1.29, 1.82) is 0 Å². The molecule has 7 heteroatoms. The smallest absolute Gasteiger partial charge is 0.273 e. The van der Waals surface area contributed by atoms with E-state index >= 15 is 0 Å². The molecule has 1 aliphatic rings. The highest BCUT2D eigenvalue weighted by Gasteiger charge is 2.32. The molecule has 1 amide bonds. The molecule has 0 radical (unpaired) electrons. The first-order valence-corrected chi connectivity index (χ1v) is 10.6. The number of nitrogens with zero attached hydrogens (tertiary/aromatic N) is 3. The zero-order valence-electron chi connectivity index (χ0n) is 13.6. The van der Waals surface area contributed by atoms with Crippen molar-refractivity contribution in [3.05, 3.63) is 63.6 Å². The van der Waals surface area contributed by atoms with Crippen molar-refractivity contribution in [1.82, 2.24) is 14.7 Å². The van der Waals surface area contributed by atoms with Gasteiger partial charge in [-0.1, -0.05) is 34.1 Å². The SMILES string of the molecule is Cn1nc(-c2cccs2)cc1C(=O)N1CCSC1c1ccc(Br)cc1. The third kappa shape index (κ3) is 3.28. The third-order valence-corrected chi connectivity index (χ3v) is 6.86. The van der Waals surface area contributed by atoms with Crippen LogP contribution in [0.25, 0.3) is 10.6 Å². The summed E-state index contributed by atoms with van der Waals surface area (Å²) in [6, 6.07) is 14.1. The molecule has 0 aliphatic carbocycles. The number of thioether (sulfide) groups is 1. The van der Waals surface area contributed by atoms with Crippen LogP contribution in [0.4, 0.5) is 0 Å². The molecule has 1 fully saturated rings. The van der Waals surface area contributed by atoms with Crippen LogP contribution < -0.4 is 0 Å². The van der Waals surface area contributed by atoms with E-state index < -0.39 is 0 Å². The van der Waals surface area contributed by atoms with Gasteiger partial charge in [0.2, 0.25) is 0 Å². The number of amides is 1. The van der Waals surface area contributed by atoms with Crippen molar-refractivity contribution in [2.24, 2.45) is 7.05 Å². The van der Waals surface area contributed by atoms with Gasteiger partial charge in [-0.05, 0) is 35.2 Å². The molecule has 0 bridgehead atoms. The quantitative estimate of drug-likeness (QED) is 0.595. The fraction of sp³-hybridized carbons (Fsp3) is 0.222. The fourth-order valence-electron chi connectivity index (χ4n) is 2.94. The number of aryl methyl sites for hydroxylation is 1. The maximum Gasteiger partial charge on any atom is 0.273 e. The number of thiophene rings is 1. The number of carbonyl (C=O) groups excluding carboxylic acids is 1. The van der Waals surface area contributed by atoms with Crippen LogP contribution in [0, 0.1) is 0 Å². The zero-order valence-corrected chi connectivity index (χ0v) is 16.8. The first-order valence-electron chi connectivity index (χ1n) is 7.89. The second-order valence-corrected chi connectivity index (χ2v) is 8.84. The van der Waals surface area contributed by atoms with E-state index in [1.54, 1.807) is 27.8 Å². The summed E-state index contributed by atoms with van der Waals surface area (Å²) in [5.74, 6) is 0.984. The lowest BCUT2D eigenvalue weighted by atomic mass is 10.2. The lowest BCUT2D eigenvalue weighted by Crippen LogP contribution is -2.31. The number of hydrogen-bond acceptors (Lipinski definition) is 4. The normalized spacial score (nSPS) is 17.2. The summed E-state index contributed by atoms with van der Waals surface area (Å²) in [7, 11) is 1.84. The molecular formula is C18H16BrN3OS2. The van der Waals surface area contributed by atoms with Crippen molar-refractivity contribution in [3.8, 4) is 10.6 Å². The van der Waals surface area contributed by atoms with Crippen LogP contribution in [0.3, 0.4) is 0 Å². The number of benzene rings is 1. The zero-order chi connectivity index (χ0) is 17.4. The Bertz CT molecular complexity index is 890. The fourth-order valence-corrected chi connectivity index (χ4v) is 5.14. The Labute approximate surface area is 163 Å². The molecule has 3 heterocycles. The largest absolute Gasteiger partial charge is 0.320 e. The van der Waals surface area contributed by atoms with Crippen LogP contribution in [0.2, 0.25) is 0 Å². The number of halogens is 1. The lowest BCUT2D eigenvalue weighted by molar-refractivity contribution is 0.0749. The molecule has 25 heavy (non-hydrogen) atoms. The number of rotatable bonds is 3. The Hall–Kier alpha value is -1.57. The van der Waals surface area contributed by atoms with Gasteiger partial charge in [-0.2, -0.15) is 5.10 Å². The van der Waals surface area contributed by atoms with E-state index in [1.165, 1.54) is 0 Å². The molecule has 1 unspecified atom stereocenters. The summed E-state index contributed by atoms with van der Waals surface area (Å²) in [5.41, 5.74) is 2.64. The summed E-state index contributed by atoms with van der Waals surface area (Å²) < 4.78 is 2.74. The molecule has 1 aliphatic heterocycles. The molecule has 4 rings (SSSR count). The molecule has 1 aromatic carbocycles. The molecule has 0 spiro atoms. The highest BCUT2D eigenvalue weighted by Crippen LogP contribution is 2.39. The summed E-state index contributed by atoms with van der Waals surface area (Å²) in [6.45, 7) is 0.754. The maximum atomic E-state index is 13.1. The van der Waals surface area contributed by atoms with E-state index in [-0.39, 0.29) is 11.3 Å². The van der Waals surface area contributed by atoms with Gasteiger partial charge in [-0.15, -0.1) is 23.1 Å². The Kier molecular flexibility index (Phi) is 4.71. The molecule has 1 atom stereocenters. The van der Waals surface area contributed by atoms with Crippen LogP contribution >= 0.6 is 39.0 Å². The Morgan fingerprint density at radius 3 is 2.80 bits per heavy atom. The molecule has 4 nitrogen and oxygen atoms in total. The van der Waals surface area contributed by atoms with Crippen LogP contribution in [0.5, 0.6) is 0 Å². The standard InChI is InChI=1S/C18H16BrN3OS2/c1-21-15(11-14(20-21)16-3-2-9-24-16)17(23)22-8-10-25-18(22)12-4-6-13(19)7-5-12/h2-7,9,11,18H,8,10H2,1H3. The minimum atomic E-state index is 0.0377. The summed E-state index contributed by atoms with van der Waals surface area (Å²) in [5, 5.41) is 6.60. The summed E-state index contributed by atoms with van der Waals surface area (Å²) in [4.78, 5) is 16.2. The van der Waals surface area contributed by atoms with E-state index in [0.717, 1.165) is 32.9 Å². The maximum absolute atomic E-state index is 13.1. The summed E-state index contributed by atoms with van der Waals surface area (Å²) >= 11 is 6.90. The predicted molar refractivity (Wildman–Crippen MR) is 107 cm³/mol. The monoisotopic (exact) mass is 433 g/mol. The van der Waals surface area contributed by atoms with E-state index in [2.05, 4.69) is 33.2 Å². The highest BCUT2D eigenvalue weighted by molar-refractivity contribution is 9.10. The van der Waals surface area contributed by atoms with Gasteiger partial charge in [0, 0.05) is 23.8 Å². The first kappa shape index (κ1) is 16.9. The average molecular weight is 434 g/mol. The predicted octanol–water partition coefficient (Wildman–Crippen LogP) is 4.80. The van der Waals surface area contributed by atoms with Gasteiger partial charge in [0.15, 0.2) is 0 Å². The third-order valence-electron chi connectivity index (χ3n) is 4.18. The van der Waals surface area contributed by atoms with E-state index in [1.807, 2.05) is 47.7 Å². The number of hydrogen-bond donors (Lipinski definition) is 0. The second-order valence-electron chi connectivity index (χ2n) is 5.79. The van der Waals surface area contributed by atoms with Gasteiger partial charge in [0.05, 0.1) is 4.88 Å². The van der Waals surface area contributed by atoms with Gasteiger partial charge in [-0.25, -0.2) is 0 Å². The van der Waals surface area contributed by atoms with Gasteiger partial charge in [-0.3, -0.25) is 9.48 Å². The van der Waals surface area contributed by atoms with Crippen molar-refractivity contribution in [3.63, 3.8) is 0 Å². The topological polar surface area (TPSA) is 38.1 Å².